The molecule has 0 spiro atoms. The highest BCUT2D eigenvalue weighted by molar-refractivity contribution is 5.79. The molecule has 0 aromatic heterocycles. The number of benzene rings is 1. The Morgan fingerprint density at radius 1 is 1.26 bits per heavy atom. The molecule has 1 N–H and O–H groups in total. The second-order valence-electron chi connectivity index (χ2n) is 5.17. The molecule has 1 amide bonds. The predicted octanol–water partition coefficient (Wildman–Crippen LogP) is 2.67. The SMILES string of the molecule is CCC(C)N(Cc1ccccc1)C(=O)C(C)CNC. The van der Waals surface area contributed by atoms with Gasteiger partial charge < -0.3 is 10.2 Å². The lowest BCUT2D eigenvalue weighted by molar-refractivity contribution is -0.137. The van der Waals surface area contributed by atoms with Gasteiger partial charge in [0.05, 0.1) is 0 Å². The standard InChI is InChI=1S/C16H26N2O/c1-5-14(3)18(16(19)13(2)11-17-4)12-15-9-7-6-8-10-15/h6-10,13-14,17H,5,11-12H2,1-4H3. The van der Waals surface area contributed by atoms with Crippen LogP contribution in [-0.4, -0.2) is 30.4 Å². The monoisotopic (exact) mass is 262 g/mol. The molecule has 1 aromatic carbocycles. The molecule has 0 radical (unpaired) electrons. The highest BCUT2D eigenvalue weighted by Gasteiger charge is 2.23. The van der Waals surface area contributed by atoms with Gasteiger partial charge in [0.15, 0.2) is 0 Å². The van der Waals surface area contributed by atoms with Crippen LogP contribution >= 0.6 is 0 Å². The van der Waals surface area contributed by atoms with Gasteiger partial charge in [-0.2, -0.15) is 0 Å². The average Bonchev–Trinajstić information content (AvgIpc) is 2.44. The summed E-state index contributed by atoms with van der Waals surface area (Å²) < 4.78 is 0. The van der Waals surface area contributed by atoms with Crippen molar-refractivity contribution in [3.8, 4) is 0 Å². The van der Waals surface area contributed by atoms with E-state index in [0.717, 1.165) is 13.0 Å². The zero-order chi connectivity index (χ0) is 14.3. The lowest BCUT2D eigenvalue weighted by atomic mass is 10.1. The van der Waals surface area contributed by atoms with Crippen LogP contribution in [0, 0.1) is 5.92 Å². The van der Waals surface area contributed by atoms with Gasteiger partial charge in [0.1, 0.15) is 0 Å². The van der Waals surface area contributed by atoms with Crippen molar-refractivity contribution in [1.82, 2.24) is 10.2 Å². The van der Waals surface area contributed by atoms with Crippen LogP contribution in [0.4, 0.5) is 0 Å². The number of nitrogens with one attached hydrogen (secondary N) is 1. The minimum Gasteiger partial charge on any atom is -0.335 e. The van der Waals surface area contributed by atoms with E-state index in [1.165, 1.54) is 5.56 Å². The number of hydrogen-bond donors (Lipinski definition) is 1. The molecule has 0 fully saturated rings. The van der Waals surface area contributed by atoms with Gasteiger partial charge in [0, 0.05) is 25.0 Å². The quantitative estimate of drug-likeness (QED) is 0.819. The molecule has 3 heteroatoms. The fourth-order valence-corrected chi connectivity index (χ4v) is 2.13. The van der Waals surface area contributed by atoms with Crippen molar-refractivity contribution in [3.05, 3.63) is 35.9 Å². The van der Waals surface area contributed by atoms with Crippen molar-refractivity contribution in [2.24, 2.45) is 5.92 Å². The van der Waals surface area contributed by atoms with Gasteiger partial charge in [-0.3, -0.25) is 4.79 Å². The maximum atomic E-state index is 12.5. The summed E-state index contributed by atoms with van der Waals surface area (Å²) in [5.74, 6) is 0.246. The lowest BCUT2D eigenvalue weighted by Gasteiger charge is -2.31. The van der Waals surface area contributed by atoms with Crippen molar-refractivity contribution in [2.45, 2.75) is 39.8 Å². The summed E-state index contributed by atoms with van der Waals surface area (Å²) in [4.78, 5) is 14.5. The van der Waals surface area contributed by atoms with E-state index in [4.69, 9.17) is 0 Å². The van der Waals surface area contributed by atoms with Gasteiger partial charge in [-0.05, 0) is 26.0 Å². The summed E-state index contributed by atoms with van der Waals surface area (Å²) in [6.45, 7) is 7.65. The van der Waals surface area contributed by atoms with Crippen molar-refractivity contribution in [3.63, 3.8) is 0 Å². The number of amides is 1. The Morgan fingerprint density at radius 3 is 2.42 bits per heavy atom. The molecule has 3 nitrogen and oxygen atoms in total. The summed E-state index contributed by atoms with van der Waals surface area (Å²) in [6, 6.07) is 10.5. The Hall–Kier alpha value is -1.35. The minimum atomic E-state index is 0.0164. The fraction of sp³-hybridized carbons (Fsp3) is 0.562. The molecule has 19 heavy (non-hydrogen) atoms. The number of nitrogens with zero attached hydrogens (tertiary/aromatic N) is 1. The van der Waals surface area contributed by atoms with E-state index >= 15 is 0 Å². The molecule has 2 atom stereocenters. The van der Waals surface area contributed by atoms with Gasteiger partial charge in [-0.15, -0.1) is 0 Å². The second kappa shape index (κ2) is 7.95. The summed E-state index contributed by atoms with van der Waals surface area (Å²) in [7, 11) is 1.88. The van der Waals surface area contributed by atoms with E-state index in [1.54, 1.807) is 0 Å². The van der Waals surface area contributed by atoms with Gasteiger partial charge in [-0.1, -0.05) is 44.2 Å². The summed E-state index contributed by atoms with van der Waals surface area (Å²) >= 11 is 0. The van der Waals surface area contributed by atoms with Gasteiger partial charge in [0.25, 0.3) is 0 Å². The van der Waals surface area contributed by atoms with Crippen LogP contribution in [0.2, 0.25) is 0 Å². The molecule has 0 saturated carbocycles. The largest absolute Gasteiger partial charge is 0.335 e. The molecular weight excluding hydrogens is 236 g/mol. The topological polar surface area (TPSA) is 32.3 Å². The molecule has 0 heterocycles. The highest BCUT2D eigenvalue weighted by atomic mass is 16.2. The first kappa shape index (κ1) is 15.7. The number of carbonyl (C=O) groups excluding carboxylic acids is 1. The van der Waals surface area contributed by atoms with Crippen LogP contribution in [0.3, 0.4) is 0 Å². The summed E-state index contributed by atoms with van der Waals surface area (Å²) in [5.41, 5.74) is 1.19. The van der Waals surface area contributed by atoms with Crippen LogP contribution in [0.25, 0.3) is 0 Å². The molecule has 0 bridgehead atoms. The van der Waals surface area contributed by atoms with Crippen LogP contribution < -0.4 is 5.32 Å². The lowest BCUT2D eigenvalue weighted by Crippen LogP contribution is -2.43. The van der Waals surface area contributed by atoms with Crippen LogP contribution in [-0.2, 0) is 11.3 Å². The normalized spacial score (nSPS) is 13.9. The summed E-state index contributed by atoms with van der Waals surface area (Å²) in [6.07, 6.45) is 0.977. The Bertz CT molecular complexity index is 378. The first-order valence-corrected chi connectivity index (χ1v) is 7.09. The minimum absolute atomic E-state index is 0.0164. The summed E-state index contributed by atoms with van der Waals surface area (Å²) in [5, 5.41) is 3.08. The Morgan fingerprint density at radius 2 is 1.89 bits per heavy atom. The van der Waals surface area contributed by atoms with Gasteiger partial charge in [0.2, 0.25) is 5.91 Å². The zero-order valence-corrected chi connectivity index (χ0v) is 12.5. The molecule has 0 aliphatic rings. The first-order chi connectivity index (χ1) is 9.10. The Labute approximate surface area is 117 Å². The van der Waals surface area contributed by atoms with Crippen molar-refractivity contribution < 1.29 is 4.79 Å². The predicted molar refractivity (Wildman–Crippen MR) is 79.8 cm³/mol. The van der Waals surface area contributed by atoms with E-state index < -0.39 is 0 Å². The molecule has 1 rings (SSSR count). The Balaban J connectivity index is 2.80. The number of hydrogen-bond acceptors (Lipinski definition) is 2. The van der Waals surface area contributed by atoms with Crippen LogP contribution in [0.15, 0.2) is 30.3 Å². The van der Waals surface area contributed by atoms with Gasteiger partial charge in [-0.25, -0.2) is 0 Å². The third-order valence-corrected chi connectivity index (χ3v) is 3.53. The third-order valence-electron chi connectivity index (χ3n) is 3.53. The van der Waals surface area contributed by atoms with Crippen molar-refractivity contribution in [1.29, 1.82) is 0 Å². The van der Waals surface area contributed by atoms with E-state index in [-0.39, 0.29) is 17.9 Å². The zero-order valence-electron chi connectivity index (χ0n) is 12.5. The highest BCUT2D eigenvalue weighted by Crippen LogP contribution is 2.14. The van der Waals surface area contributed by atoms with Crippen molar-refractivity contribution >= 4 is 5.91 Å². The number of rotatable bonds is 7. The Kier molecular flexibility index (Phi) is 6.57. The first-order valence-electron chi connectivity index (χ1n) is 7.09. The van der Waals surface area contributed by atoms with Crippen LogP contribution in [0.1, 0.15) is 32.8 Å². The molecular formula is C16H26N2O. The molecule has 1 aromatic rings. The van der Waals surface area contributed by atoms with Crippen LogP contribution in [0.5, 0.6) is 0 Å². The van der Waals surface area contributed by atoms with E-state index in [0.29, 0.717) is 6.54 Å². The molecule has 0 aliphatic carbocycles. The average molecular weight is 262 g/mol. The van der Waals surface area contributed by atoms with E-state index in [9.17, 15) is 4.79 Å². The molecule has 2 unspecified atom stereocenters. The molecule has 0 saturated heterocycles. The molecule has 0 aliphatic heterocycles. The maximum Gasteiger partial charge on any atom is 0.227 e. The van der Waals surface area contributed by atoms with Gasteiger partial charge >= 0.3 is 0 Å². The molecule has 106 valence electrons. The maximum absolute atomic E-state index is 12.5. The fourth-order valence-electron chi connectivity index (χ4n) is 2.13. The second-order valence-corrected chi connectivity index (χ2v) is 5.17. The number of carbonyl (C=O) groups is 1. The third kappa shape index (κ3) is 4.67. The van der Waals surface area contributed by atoms with E-state index in [2.05, 4.69) is 31.3 Å². The van der Waals surface area contributed by atoms with Crippen molar-refractivity contribution in [2.75, 3.05) is 13.6 Å². The van der Waals surface area contributed by atoms with E-state index in [1.807, 2.05) is 37.1 Å². The smallest absolute Gasteiger partial charge is 0.227 e.